The smallest absolute Gasteiger partial charge is 0.283 e. The molecule has 1 N–H and O–H groups in total. The lowest BCUT2D eigenvalue weighted by Gasteiger charge is -2.07. The average molecular weight is 364 g/mol. The van der Waals surface area contributed by atoms with Gasteiger partial charge in [0, 0.05) is 6.07 Å². The zero-order valence-electron chi connectivity index (χ0n) is 17.3. The first-order valence-corrected chi connectivity index (χ1v) is 11.1. The largest absolute Gasteiger partial charge is 0.425 e. The van der Waals surface area contributed by atoms with Crippen molar-refractivity contribution in [2.75, 3.05) is 0 Å². The van der Waals surface area contributed by atoms with E-state index in [9.17, 15) is 10.0 Å². The van der Waals surface area contributed by atoms with E-state index in [4.69, 9.17) is 0 Å². The number of rotatable bonds is 16. The van der Waals surface area contributed by atoms with Crippen molar-refractivity contribution in [2.24, 2.45) is 0 Å². The Hall–Kier alpha value is -1.25. The first-order chi connectivity index (χ1) is 12.6. The molecule has 26 heavy (non-hydrogen) atoms. The Morgan fingerprint density at radius 2 is 1.15 bits per heavy atom. The van der Waals surface area contributed by atoms with E-state index in [2.05, 4.69) is 6.92 Å². The highest BCUT2D eigenvalue weighted by Crippen LogP contribution is 2.14. The van der Waals surface area contributed by atoms with E-state index in [-0.39, 0.29) is 5.56 Å². The fourth-order valence-electron chi connectivity index (χ4n) is 3.62. The van der Waals surface area contributed by atoms with Crippen LogP contribution in [0.2, 0.25) is 0 Å². The topological polar surface area (TPSA) is 42.2 Å². The molecule has 0 saturated heterocycles. The van der Waals surface area contributed by atoms with Crippen molar-refractivity contribution in [3.8, 4) is 0 Å². The highest BCUT2D eigenvalue weighted by atomic mass is 16.5. The van der Waals surface area contributed by atoms with Crippen LogP contribution < -0.4 is 5.56 Å². The van der Waals surface area contributed by atoms with Gasteiger partial charge >= 0.3 is 0 Å². The summed E-state index contributed by atoms with van der Waals surface area (Å²) in [4.78, 5) is 11.5. The van der Waals surface area contributed by atoms with Gasteiger partial charge in [0.1, 0.15) is 0 Å². The number of unbranched alkanes of at least 4 members (excludes halogenated alkanes) is 14. The molecule has 0 atom stereocenters. The van der Waals surface area contributed by atoms with E-state index in [0.29, 0.717) is 0 Å². The molecule has 0 aliphatic carbocycles. The fraction of sp³-hybridized carbons (Fsp3) is 0.783. The molecule has 150 valence electrons. The van der Waals surface area contributed by atoms with Gasteiger partial charge in [-0.2, -0.15) is 4.73 Å². The Morgan fingerprint density at radius 3 is 1.62 bits per heavy atom. The maximum atomic E-state index is 11.5. The lowest BCUT2D eigenvalue weighted by molar-refractivity contribution is 0.164. The van der Waals surface area contributed by atoms with Crippen LogP contribution in [0.1, 0.15) is 114 Å². The second-order valence-electron chi connectivity index (χ2n) is 7.87. The zero-order valence-corrected chi connectivity index (χ0v) is 17.3. The molecule has 1 aromatic rings. The summed E-state index contributed by atoms with van der Waals surface area (Å²) in [6.45, 7) is 4.18. The number of aromatic nitrogens is 1. The predicted octanol–water partition coefficient (Wildman–Crippen LogP) is 6.81. The summed E-state index contributed by atoms with van der Waals surface area (Å²) in [6.07, 6.45) is 21.0. The Kier molecular flexibility index (Phi) is 13.0. The summed E-state index contributed by atoms with van der Waals surface area (Å²) in [6, 6.07) is 3.38. The molecule has 1 aromatic heterocycles. The molecule has 3 nitrogen and oxygen atoms in total. The molecule has 0 radical (unpaired) electrons. The van der Waals surface area contributed by atoms with E-state index >= 15 is 0 Å². The Morgan fingerprint density at radius 1 is 0.731 bits per heavy atom. The summed E-state index contributed by atoms with van der Waals surface area (Å²) >= 11 is 0. The first-order valence-electron chi connectivity index (χ1n) is 11.1. The molecular formula is C23H41NO2. The minimum absolute atomic E-state index is 0.319. The van der Waals surface area contributed by atoms with Crippen LogP contribution in [0.4, 0.5) is 0 Å². The Bertz CT molecular complexity index is 521. The monoisotopic (exact) mass is 363 g/mol. The molecule has 0 aromatic carbocycles. The van der Waals surface area contributed by atoms with Crippen LogP contribution in [0.15, 0.2) is 16.9 Å². The van der Waals surface area contributed by atoms with Gasteiger partial charge in [-0.1, -0.05) is 96.8 Å². The van der Waals surface area contributed by atoms with Crippen LogP contribution >= 0.6 is 0 Å². The molecule has 0 unspecified atom stereocenters. The van der Waals surface area contributed by atoms with Crippen LogP contribution in [0, 0.1) is 6.92 Å². The maximum Gasteiger partial charge on any atom is 0.283 e. The van der Waals surface area contributed by atoms with E-state index in [1.807, 2.05) is 13.0 Å². The van der Waals surface area contributed by atoms with Crippen LogP contribution in [-0.2, 0) is 6.42 Å². The van der Waals surface area contributed by atoms with Crippen LogP contribution in [-0.4, -0.2) is 9.94 Å². The van der Waals surface area contributed by atoms with Gasteiger partial charge in [0.25, 0.3) is 5.56 Å². The van der Waals surface area contributed by atoms with Crippen LogP contribution in [0.5, 0.6) is 0 Å². The molecule has 0 amide bonds. The summed E-state index contributed by atoms with van der Waals surface area (Å²) < 4.78 is 0.802. The van der Waals surface area contributed by atoms with Crippen molar-refractivity contribution in [2.45, 2.75) is 117 Å². The number of aryl methyl sites for hydroxylation is 2. The van der Waals surface area contributed by atoms with E-state index < -0.39 is 0 Å². The lowest BCUT2D eigenvalue weighted by Crippen LogP contribution is -2.20. The maximum absolute atomic E-state index is 11.5. The van der Waals surface area contributed by atoms with Gasteiger partial charge in [-0.05, 0) is 31.4 Å². The minimum Gasteiger partial charge on any atom is -0.425 e. The number of hydrogen-bond donors (Lipinski definition) is 1. The SMILES string of the molecule is CCCCCCCCCCCCCCCCCc1cc(C)cc(=O)n1O. The van der Waals surface area contributed by atoms with Crippen molar-refractivity contribution >= 4 is 0 Å². The predicted molar refractivity (Wildman–Crippen MR) is 111 cm³/mol. The molecule has 0 saturated carbocycles. The van der Waals surface area contributed by atoms with Gasteiger partial charge in [0.05, 0.1) is 5.69 Å². The van der Waals surface area contributed by atoms with Gasteiger partial charge in [-0.15, -0.1) is 0 Å². The third-order valence-corrected chi connectivity index (χ3v) is 5.26. The minimum atomic E-state index is -0.319. The molecular weight excluding hydrogens is 322 g/mol. The van der Waals surface area contributed by atoms with Gasteiger partial charge in [-0.25, -0.2) is 0 Å². The van der Waals surface area contributed by atoms with E-state index in [1.165, 1.54) is 96.0 Å². The second kappa shape index (κ2) is 14.9. The van der Waals surface area contributed by atoms with Crippen molar-refractivity contribution in [3.63, 3.8) is 0 Å². The Labute approximate surface area is 160 Å². The molecule has 1 heterocycles. The summed E-state index contributed by atoms with van der Waals surface area (Å²) in [5.74, 6) is 0. The molecule has 3 heteroatoms. The van der Waals surface area contributed by atoms with E-state index in [0.717, 1.165) is 28.8 Å². The zero-order chi connectivity index (χ0) is 19.0. The first kappa shape index (κ1) is 22.8. The summed E-state index contributed by atoms with van der Waals surface area (Å²) in [5.41, 5.74) is 1.35. The number of hydrogen-bond acceptors (Lipinski definition) is 2. The van der Waals surface area contributed by atoms with Crippen molar-refractivity contribution in [3.05, 3.63) is 33.7 Å². The molecule has 0 fully saturated rings. The quantitative estimate of drug-likeness (QED) is 0.259. The second-order valence-corrected chi connectivity index (χ2v) is 7.87. The van der Waals surface area contributed by atoms with Crippen LogP contribution in [0.25, 0.3) is 0 Å². The third kappa shape index (κ3) is 10.7. The summed E-state index contributed by atoms with van der Waals surface area (Å²) in [7, 11) is 0. The van der Waals surface area contributed by atoms with Crippen molar-refractivity contribution < 1.29 is 5.21 Å². The van der Waals surface area contributed by atoms with Crippen molar-refractivity contribution in [1.29, 1.82) is 0 Å². The van der Waals surface area contributed by atoms with Gasteiger partial charge in [-0.3, -0.25) is 4.79 Å². The molecule has 0 aliphatic heterocycles. The molecule has 1 rings (SSSR count). The molecule has 0 aliphatic rings. The normalized spacial score (nSPS) is 11.2. The average Bonchev–Trinajstić information content (AvgIpc) is 2.62. The number of nitrogens with zero attached hydrogens (tertiary/aromatic N) is 1. The fourth-order valence-corrected chi connectivity index (χ4v) is 3.62. The standard InChI is InChI=1S/C23H41NO2/c1-3-4-5-6-7-8-9-10-11-12-13-14-15-16-17-18-22-19-21(2)20-23(25)24(22)26/h19-20,26H,3-18H2,1-2H3. The molecule has 0 spiro atoms. The third-order valence-electron chi connectivity index (χ3n) is 5.26. The highest BCUT2D eigenvalue weighted by Gasteiger charge is 2.03. The van der Waals surface area contributed by atoms with Gasteiger partial charge in [0.15, 0.2) is 0 Å². The van der Waals surface area contributed by atoms with Gasteiger partial charge in [0.2, 0.25) is 0 Å². The lowest BCUT2D eigenvalue weighted by atomic mass is 10.0. The Balaban J connectivity index is 1.89. The van der Waals surface area contributed by atoms with Gasteiger partial charge < -0.3 is 5.21 Å². The summed E-state index contributed by atoms with van der Waals surface area (Å²) in [5, 5.41) is 9.74. The molecule has 0 bridgehead atoms. The number of pyridine rings is 1. The van der Waals surface area contributed by atoms with Crippen molar-refractivity contribution in [1.82, 2.24) is 4.73 Å². The van der Waals surface area contributed by atoms with E-state index in [1.54, 1.807) is 0 Å². The highest BCUT2D eigenvalue weighted by molar-refractivity contribution is 5.15. The van der Waals surface area contributed by atoms with Crippen LogP contribution in [0.3, 0.4) is 0 Å².